The Kier molecular flexibility index (Phi) is 4.45. The van der Waals surface area contributed by atoms with Crippen molar-refractivity contribution in [1.29, 1.82) is 0 Å². The van der Waals surface area contributed by atoms with E-state index in [1.807, 2.05) is 19.1 Å². The number of guanidine groups is 1. The molecule has 1 saturated heterocycles. The molecule has 0 aromatic heterocycles. The molecule has 2 aliphatic rings. The molecule has 7 heteroatoms. The van der Waals surface area contributed by atoms with Gasteiger partial charge in [0.1, 0.15) is 0 Å². The van der Waals surface area contributed by atoms with Gasteiger partial charge in [-0.1, -0.05) is 18.2 Å². The summed E-state index contributed by atoms with van der Waals surface area (Å²) in [4.78, 5) is 31.1. The van der Waals surface area contributed by atoms with Crippen LogP contribution in [-0.2, 0) is 11.2 Å². The summed E-state index contributed by atoms with van der Waals surface area (Å²) in [7, 11) is 0. The molecule has 0 spiro atoms. The Balaban J connectivity index is 1.69. The van der Waals surface area contributed by atoms with E-state index >= 15 is 0 Å². The number of aliphatic imine (C=N–C) groups is 1. The highest BCUT2D eigenvalue weighted by atomic mass is 16.2. The number of benzene rings is 1. The molecule has 1 aromatic carbocycles. The molecule has 2 N–H and O–H groups in total. The number of rotatable bonds is 4. The molecule has 1 aromatic rings. The van der Waals surface area contributed by atoms with Crippen molar-refractivity contribution in [3.05, 3.63) is 29.8 Å². The molecule has 0 saturated carbocycles. The minimum Gasteiger partial charge on any atom is -0.356 e. The van der Waals surface area contributed by atoms with Crippen LogP contribution in [0, 0.1) is 0 Å². The van der Waals surface area contributed by atoms with E-state index in [2.05, 4.69) is 32.7 Å². The minimum atomic E-state index is -0.332. The second-order valence-electron chi connectivity index (χ2n) is 5.47. The number of carbonyl (C=O) groups excluding carboxylic acids is 2. The van der Waals surface area contributed by atoms with E-state index in [9.17, 15) is 9.59 Å². The van der Waals surface area contributed by atoms with Crippen LogP contribution in [0.3, 0.4) is 0 Å². The van der Waals surface area contributed by atoms with Gasteiger partial charge in [-0.15, -0.1) is 0 Å². The van der Waals surface area contributed by atoms with Crippen LogP contribution in [0.1, 0.15) is 12.5 Å². The fourth-order valence-electron chi connectivity index (χ4n) is 2.89. The highest BCUT2D eigenvalue weighted by molar-refractivity contribution is 6.02. The first-order chi connectivity index (χ1) is 11.2. The average molecular weight is 315 g/mol. The van der Waals surface area contributed by atoms with Crippen LogP contribution in [0.4, 0.5) is 10.5 Å². The second-order valence-corrected chi connectivity index (χ2v) is 5.47. The summed E-state index contributed by atoms with van der Waals surface area (Å²) in [6, 6.07) is 7.96. The molecule has 122 valence electrons. The van der Waals surface area contributed by atoms with E-state index in [1.54, 1.807) is 0 Å². The number of hydrogen-bond acceptors (Lipinski definition) is 3. The average Bonchev–Trinajstić information content (AvgIpc) is 3.12. The highest BCUT2D eigenvalue weighted by Gasteiger charge is 2.28. The van der Waals surface area contributed by atoms with E-state index in [1.165, 1.54) is 16.2 Å². The standard InChI is InChI=1S/C16H21N5O2/c1-2-17-15(18-8-10-21-14(22)11-19-16(21)23)20-9-7-12-5-3-4-6-13(12)20/h3-6H,2,7-11H2,1H3,(H,17,18)(H,19,23). The van der Waals surface area contributed by atoms with Crippen molar-refractivity contribution in [1.82, 2.24) is 15.5 Å². The number of hydrogen-bond donors (Lipinski definition) is 2. The Morgan fingerprint density at radius 2 is 2.17 bits per heavy atom. The maximum atomic E-state index is 11.6. The lowest BCUT2D eigenvalue weighted by atomic mass is 10.2. The number of para-hydroxylation sites is 1. The summed E-state index contributed by atoms with van der Waals surface area (Å²) >= 11 is 0. The van der Waals surface area contributed by atoms with Gasteiger partial charge in [0.15, 0.2) is 5.96 Å². The van der Waals surface area contributed by atoms with Gasteiger partial charge in [-0.2, -0.15) is 0 Å². The van der Waals surface area contributed by atoms with Gasteiger partial charge in [0, 0.05) is 18.8 Å². The van der Waals surface area contributed by atoms with E-state index in [0.29, 0.717) is 13.1 Å². The maximum absolute atomic E-state index is 11.6. The summed E-state index contributed by atoms with van der Waals surface area (Å²) in [6.07, 6.45) is 0.994. The largest absolute Gasteiger partial charge is 0.356 e. The summed E-state index contributed by atoms with van der Waals surface area (Å²) in [5.74, 6) is 0.603. The van der Waals surface area contributed by atoms with Crippen molar-refractivity contribution in [2.75, 3.05) is 37.6 Å². The number of carbonyl (C=O) groups is 2. The molecule has 23 heavy (non-hydrogen) atoms. The van der Waals surface area contributed by atoms with Gasteiger partial charge in [0.2, 0.25) is 5.91 Å². The van der Waals surface area contributed by atoms with Crippen LogP contribution in [0.2, 0.25) is 0 Å². The number of fused-ring (bicyclic) bond motifs is 1. The van der Waals surface area contributed by atoms with Crippen molar-refractivity contribution < 1.29 is 9.59 Å². The van der Waals surface area contributed by atoms with Crippen molar-refractivity contribution in [2.45, 2.75) is 13.3 Å². The summed E-state index contributed by atoms with van der Waals surface area (Å²) < 4.78 is 0. The maximum Gasteiger partial charge on any atom is 0.324 e. The summed E-state index contributed by atoms with van der Waals surface area (Å²) in [6.45, 7) is 4.45. The van der Waals surface area contributed by atoms with Crippen LogP contribution < -0.4 is 15.5 Å². The minimum absolute atomic E-state index is 0.0854. The van der Waals surface area contributed by atoms with Gasteiger partial charge in [-0.25, -0.2) is 4.79 Å². The molecule has 0 unspecified atom stereocenters. The molecule has 2 heterocycles. The lowest BCUT2D eigenvalue weighted by Gasteiger charge is -2.22. The topological polar surface area (TPSA) is 77.0 Å². The Hall–Kier alpha value is -2.57. The molecular formula is C16H21N5O2. The van der Waals surface area contributed by atoms with Crippen LogP contribution in [0.25, 0.3) is 0 Å². The van der Waals surface area contributed by atoms with Crippen molar-refractivity contribution in [3.8, 4) is 0 Å². The van der Waals surface area contributed by atoms with Crippen molar-refractivity contribution >= 4 is 23.6 Å². The highest BCUT2D eigenvalue weighted by Crippen LogP contribution is 2.27. The van der Waals surface area contributed by atoms with E-state index in [4.69, 9.17) is 0 Å². The Labute approximate surface area is 135 Å². The lowest BCUT2D eigenvalue weighted by molar-refractivity contribution is -0.124. The van der Waals surface area contributed by atoms with Gasteiger partial charge in [-0.05, 0) is 25.0 Å². The molecule has 1 fully saturated rings. The number of nitrogens with zero attached hydrogens (tertiary/aromatic N) is 3. The molecular weight excluding hydrogens is 294 g/mol. The van der Waals surface area contributed by atoms with E-state index < -0.39 is 0 Å². The normalized spacial score (nSPS) is 17.5. The van der Waals surface area contributed by atoms with Gasteiger partial charge in [0.25, 0.3) is 0 Å². The van der Waals surface area contributed by atoms with Gasteiger partial charge < -0.3 is 15.5 Å². The van der Waals surface area contributed by atoms with Crippen LogP contribution in [0.15, 0.2) is 29.3 Å². The molecule has 0 aliphatic carbocycles. The lowest BCUT2D eigenvalue weighted by Crippen LogP contribution is -2.41. The van der Waals surface area contributed by atoms with Gasteiger partial charge in [-0.3, -0.25) is 14.7 Å². The SMILES string of the molecule is CCNC(=NCCN1C(=O)CNC1=O)N1CCc2ccccc21. The smallest absolute Gasteiger partial charge is 0.324 e. The first kappa shape index (κ1) is 15.3. The molecule has 2 aliphatic heterocycles. The molecule has 0 radical (unpaired) electrons. The summed E-state index contributed by atoms with van der Waals surface area (Å²) in [5, 5.41) is 5.80. The number of anilines is 1. The zero-order chi connectivity index (χ0) is 16.2. The monoisotopic (exact) mass is 315 g/mol. The zero-order valence-electron chi connectivity index (χ0n) is 13.2. The van der Waals surface area contributed by atoms with E-state index in [-0.39, 0.29) is 18.5 Å². The Morgan fingerprint density at radius 3 is 2.91 bits per heavy atom. The van der Waals surface area contributed by atoms with Crippen LogP contribution >= 0.6 is 0 Å². The zero-order valence-corrected chi connectivity index (χ0v) is 13.2. The number of nitrogens with one attached hydrogen (secondary N) is 2. The number of amides is 3. The van der Waals surface area contributed by atoms with Gasteiger partial charge >= 0.3 is 6.03 Å². The third-order valence-corrected chi connectivity index (χ3v) is 4.00. The van der Waals surface area contributed by atoms with Crippen LogP contribution in [-0.4, -0.2) is 55.5 Å². The Morgan fingerprint density at radius 1 is 1.35 bits per heavy atom. The molecule has 3 rings (SSSR count). The molecule has 3 amide bonds. The first-order valence-corrected chi connectivity index (χ1v) is 7.92. The van der Waals surface area contributed by atoms with E-state index in [0.717, 1.165) is 25.5 Å². The summed E-state index contributed by atoms with van der Waals surface area (Å²) in [5.41, 5.74) is 2.48. The fraction of sp³-hybridized carbons (Fsp3) is 0.438. The quantitative estimate of drug-likeness (QED) is 0.484. The number of imide groups is 1. The third kappa shape index (κ3) is 3.13. The van der Waals surface area contributed by atoms with Crippen LogP contribution in [0.5, 0.6) is 0 Å². The van der Waals surface area contributed by atoms with Crippen molar-refractivity contribution in [2.24, 2.45) is 4.99 Å². The molecule has 7 nitrogen and oxygen atoms in total. The molecule has 0 bridgehead atoms. The molecule has 0 atom stereocenters. The third-order valence-electron chi connectivity index (χ3n) is 4.00. The second kappa shape index (κ2) is 6.68. The predicted molar refractivity (Wildman–Crippen MR) is 88.6 cm³/mol. The first-order valence-electron chi connectivity index (χ1n) is 7.92. The Bertz CT molecular complexity index is 627. The van der Waals surface area contributed by atoms with Crippen molar-refractivity contribution in [3.63, 3.8) is 0 Å². The van der Waals surface area contributed by atoms with Gasteiger partial charge in [0.05, 0.1) is 19.6 Å². The number of urea groups is 1. The predicted octanol–water partition coefficient (Wildman–Crippen LogP) is 0.566. The fourth-order valence-corrected chi connectivity index (χ4v) is 2.89.